The number of aryl methyl sites for hydroxylation is 2. The molecule has 0 radical (unpaired) electrons. The monoisotopic (exact) mass is 452 g/mol. The fourth-order valence-corrected chi connectivity index (χ4v) is 5.39. The summed E-state index contributed by atoms with van der Waals surface area (Å²) in [5, 5.41) is 6.91. The number of amides is 3. The second kappa shape index (κ2) is 7.80. The maximum absolute atomic E-state index is 13.0. The van der Waals surface area contributed by atoms with E-state index in [9.17, 15) is 14.4 Å². The summed E-state index contributed by atoms with van der Waals surface area (Å²) in [4.78, 5) is 38.5. The number of fused-ring (bicyclic) bond motifs is 2. The van der Waals surface area contributed by atoms with Crippen molar-refractivity contribution in [3.05, 3.63) is 76.6 Å². The first-order valence-electron chi connectivity index (χ1n) is 11.6. The Morgan fingerprint density at radius 1 is 0.971 bits per heavy atom. The van der Waals surface area contributed by atoms with Crippen molar-refractivity contribution in [1.82, 2.24) is 20.0 Å². The average Bonchev–Trinajstić information content (AvgIpc) is 3.38. The molecule has 34 heavy (non-hydrogen) atoms. The van der Waals surface area contributed by atoms with Crippen LogP contribution in [0.15, 0.2) is 48.7 Å². The van der Waals surface area contributed by atoms with Crippen molar-refractivity contribution in [1.29, 1.82) is 0 Å². The maximum atomic E-state index is 13.0. The average molecular weight is 453 g/mol. The van der Waals surface area contributed by atoms with Gasteiger partial charge < -0.3 is 4.90 Å². The number of benzene rings is 2. The summed E-state index contributed by atoms with van der Waals surface area (Å²) < 4.78 is 1.92. The highest BCUT2D eigenvalue weighted by molar-refractivity contribution is 6.05. The molecule has 1 fully saturated rings. The summed E-state index contributed by atoms with van der Waals surface area (Å²) in [6.45, 7) is 0.361. The van der Waals surface area contributed by atoms with E-state index in [1.54, 1.807) is 4.90 Å². The molecule has 3 aliphatic rings. The minimum atomic E-state index is -0.609. The first kappa shape index (κ1) is 20.6. The molecule has 7 nitrogen and oxygen atoms in total. The van der Waals surface area contributed by atoms with Gasteiger partial charge in [0.2, 0.25) is 11.8 Å². The minimum Gasteiger partial charge on any atom is -0.322 e. The maximum Gasteiger partial charge on any atom is 0.255 e. The van der Waals surface area contributed by atoms with Gasteiger partial charge in [0, 0.05) is 31.1 Å². The highest BCUT2D eigenvalue weighted by Crippen LogP contribution is 2.37. The van der Waals surface area contributed by atoms with Crippen molar-refractivity contribution in [2.75, 3.05) is 0 Å². The smallest absolute Gasteiger partial charge is 0.255 e. The SMILES string of the molecule is Cn1ncc(-c2ccc3c(c2)CN(C2CCC(=O)NC2=O)C3=O)c1C1=Cc2ccccc2CC1. The van der Waals surface area contributed by atoms with Crippen LogP contribution in [0.25, 0.3) is 22.8 Å². The number of hydrogen-bond acceptors (Lipinski definition) is 4. The third-order valence-electron chi connectivity index (χ3n) is 7.13. The Kier molecular flexibility index (Phi) is 4.72. The van der Waals surface area contributed by atoms with E-state index in [1.165, 1.54) is 16.7 Å². The molecule has 2 aliphatic heterocycles. The fourth-order valence-electron chi connectivity index (χ4n) is 5.39. The summed E-state index contributed by atoms with van der Waals surface area (Å²) >= 11 is 0. The number of aromatic nitrogens is 2. The summed E-state index contributed by atoms with van der Waals surface area (Å²) in [5.74, 6) is -0.831. The summed E-state index contributed by atoms with van der Waals surface area (Å²) in [5.41, 5.74) is 8.48. The Labute approximate surface area is 197 Å². The van der Waals surface area contributed by atoms with Crippen molar-refractivity contribution >= 4 is 29.4 Å². The second-order valence-corrected chi connectivity index (χ2v) is 9.17. The molecular weight excluding hydrogens is 428 g/mol. The molecule has 1 N–H and O–H groups in total. The first-order valence-corrected chi connectivity index (χ1v) is 11.6. The largest absolute Gasteiger partial charge is 0.322 e. The number of piperidine rings is 1. The van der Waals surface area contributed by atoms with Crippen molar-refractivity contribution in [3.8, 4) is 11.1 Å². The van der Waals surface area contributed by atoms with E-state index in [2.05, 4.69) is 40.8 Å². The Morgan fingerprint density at radius 2 is 1.82 bits per heavy atom. The van der Waals surface area contributed by atoms with Crippen LogP contribution < -0.4 is 5.32 Å². The van der Waals surface area contributed by atoms with Gasteiger partial charge in [0.15, 0.2) is 0 Å². The van der Waals surface area contributed by atoms with Gasteiger partial charge in [-0.1, -0.05) is 30.3 Å². The van der Waals surface area contributed by atoms with Crippen LogP contribution in [0.3, 0.4) is 0 Å². The highest BCUT2D eigenvalue weighted by Gasteiger charge is 2.39. The highest BCUT2D eigenvalue weighted by atomic mass is 16.2. The molecule has 1 aliphatic carbocycles. The number of imide groups is 1. The topological polar surface area (TPSA) is 84.3 Å². The van der Waals surface area contributed by atoms with E-state index < -0.39 is 11.9 Å². The minimum absolute atomic E-state index is 0.158. The molecule has 3 heterocycles. The molecule has 0 spiro atoms. The number of carbonyl (C=O) groups excluding carboxylic acids is 3. The normalized spacial score (nSPS) is 19.6. The molecule has 6 rings (SSSR count). The van der Waals surface area contributed by atoms with E-state index in [1.807, 2.05) is 36.1 Å². The number of nitrogens with one attached hydrogen (secondary N) is 1. The number of hydrogen-bond donors (Lipinski definition) is 1. The van der Waals surface area contributed by atoms with Gasteiger partial charge in [-0.25, -0.2) is 0 Å². The number of rotatable bonds is 3. The number of carbonyl (C=O) groups is 3. The van der Waals surface area contributed by atoms with E-state index >= 15 is 0 Å². The van der Waals surface area contributed by atoms with Crippen LogP contribution >= 0.6 is 0 Å². The van der Waals surface area contributed by atoms with E-state index in [-0.39, 0.29) is 18.2 Å². The Morgan fingerprint density at radius 3 is 2.68 bits per heavy atom. The van der Waals surface area contributed by atoms with Crippen molar-refractivity contribution < 1.29 is 14.4 Å². The van der Waals surface area contributed by atoms with Crippen LogP contribution in [-0.2, 0) is 29.6 Å². The fraction of sp³-hybridized carbons (Fsp3) is 0.259. The summed E-state index contributed by atoms with van der Waals surface area (Å²) in [6, 6.07) is 13.7. The Balaban J connectivity index is 1.34. The van der Waals surface area contributed by atoms with Crippen LogP contribution in [0.4, 0.5) is 0 Å². The molecule has 2 aromatic carbocycles. The van der Waals surface area contributed by atoms with Gasteiger partial charge in [-0.05, 0) is 65.3 Å². The molecule has 1 aromatic heterocycles. The predicted molar refractivity (Wildman–Crippen MR) is 127 cm³/mol. The molecule has 0 saturated carbocycles. The quantitative estimate of drug-likeness (QED) is 0.618. The lowest BCUT2D eigenvalue weighted by atomic mass is 9.88. The van der Waals surface area contributed by atoms with Gasteiger partial charge in [0.1, 0.15) is 6.04 Å². The molecule has 1 unspecified atom stereocenters. The standard InChI is InChI=1S/C27H24N4O3/c1-30-25(19-7-6-16-4-2-3-5-17(16)12-19)22(14-28-30)18-8-9-21-20(13-18)15-31(27(21)34)23-10-11-24(32)29-26(23)33/h2-5,8-9,12-14,23H,6-7,10-11,15H2,1H3,(H,29,32,33). The van der Waals surface area contributed by atoms with Crippen molar-refractivity contribution in [3.63, 3.8) is 0 Å². The molecule has 0 bridgehead atoms. The summed E-state index contributed by atoms with van der Waals surface area (Å²) in [6.07, 6.45) is 6.68. The van der Waals surface area contributed by atoms with Gasteiger partial charge in [-0.2, -0.15) is 5.10 Å². The Bertz CT molecular complexity index is 1400. The Hall–Kier alpha value is -4.00. The van der Waals surface area contributed by atoms with Gasteiger partial charge >= 0.3 is 0 Å². The lowest BCUT2D eigenvalue weighted by molar-refractivity contribution is -0.136. The molecule has 7 heteroatoms. The van der Waals surface area contributed by atoms with Crippen LogP contribution in [0, 0.1) is 0 Å². The second-order valence-electron chi connectivity index (χ2n) is 9.17. The number of allylic oxidation sites excluding steroid dienone is 1. The third-order valence-corrected chi connectivity index (χ3v) is 7.13. The first-order chi connectivity index (χ1) is 16.5. The van der Waals surface area contributed by atoms with Crippen LogP contribution in [-0.4, -0.2) is 38.4 Å². The molecule has 1 atom stereocenters. The van der Waals surface area contributed by atoms with Gasteiger partial charge in [0.25, 0.3) is 5.91 Å². The third kappa shape index (κ3) is 3.27. The van der Waals surface area contributed by atoms with E-state index in [4.69, 9.17) is 0 Å². The lowest BCUT2D eigenvalue weighted by Gasteiger charge is -2.29. The zero-order valence-electron chi connectivity index (χ0n) is 18.9. The van der Waals surface area contributed by atoms with Gasteiger partial charge in [0.05, 0.1) is 11.9 Å². The van der Waals surface area contributed by atoms with E-state index in [0.717, 1.165) is 35.2 Å². The van der Waals surface area contributed by atoms with E-state index in [0.29, 0.717) is 18.5 Å². The van der Waals surface area contributed by atoms with Gasteiger partial charge in [-0.3, -0.25) is 24.4 Å². The van der Waals surface area contributed by atoms with Crippen molar-refractivity contribution in [2.24, 2.45) is 7.05 Å². The summed E-state index contributed by atoms with van der Waals surface area (Å²) in [7, 11) is 1.96. The van der Waals surface area contributed by atoms with Gasteiger partial charge in [-0.15, -0.1) is 0 Å². The van der Waals surface area contributed by atoms with Crippen LogP contribution in [0.5, 0.6) is 0 Å². The molecule has 3 amide bonds. The predicted octanol–water partition coefficient (Wildman–Crippen LogP) is 3.33. The molecule has 3 aromatic rings. The van der Waals surface area contributed by atoms with Crippen LogP contribution in [0.2, 0.25) is 0 Å². The van der Waals surface area contributed by atoms with Crippen molar-refractivity contribution in [2.45, 2.75) is 38.3 Å². The van der Waals surface area contributed by atoms with Crippen LogP contribution in [0.1, 0.15) is 52.0 Å². The zero-order chi connectivity index (χ0) is 23.4. The number of nitrogens with zero attached hydrogens (tertiary/aromatic N) is 3. The lowest BCUT2D eigenvalue weighted by Crippen LogP contribution is -2.52. The molecule has 1 saturated heterocycles. The molecule has 170 valence electrons. The molecular formula is C27H24N4O3. The zero-order valence-corrected chi connectivity index (χ0v) is 18.9.